The van der Waals surface area contributed by atoms with Crippen LogP contribution in [0.3, 0.4) is 0 Å². The van der Waals surface area contributed by atoms with E-state index in [4.69, 9.17) is 10.2 Å². The van der Waals surface area contributed by atoms with Gasteiger partial charge in [0.05, 0.1) is 5.69 Å². The second kappa shape index (κ2) is 8.30. The van der Waals surface area contributed by atoms with Gasteiger partial charge in [-0.2, -0.15) is 5.10 Å². The first kappa shape index (κ1) is 20.3. The fraction of sp³-hybridized carbons (Fsp3) is 0.286. The van der Waals surface area contributed by atoms with Crippen molar-refractivity contribution in [3.63, 3.8) is 0 Å². The highest BCUT2D eigenvalue weighted by molar-refractivity contribution is 5.80. The smallest absolute Gasteiger partial charge is 0.290 e. The van der Waals surface area contributed by atoms with Crippen molar-refractivity contribution in [3.8, 4) is 11.3 Å². The van der Waals surface area contributed by atoms with Gasteiger partial charge in [0, 0.05) is 12.1 Å². The monoisotopic (exact) mass is 398 g/mol. The van der Waals surface area contributed by atoms with E-state index >= 15 is 0 Å². The highest BCUT2D eigenvalue weighted by Crippen LogP contribution is 2.25. The Bertz CT molecular complexity index is 1100. The van der Waals surface area contributed by atoms with E-state index in [9.17, 15) is 14.0 Å². The number of furan rings is 1. The number of anilines is 1. The summed E-state index contributed by atoms with van der Waals surface area (Å²) in [7, 11) is 0. The molecule has 1 amide bonds. The van der Waals surface area contributed by atoms with Crippen LogP contribution >= 0.6 is 0 Å². The van der Waals surface area contributed by atoms with Gasteiger partial charge in [-0.15, -0.1) is 0 Å². The number of benzene rings is 1. The number of carbonyl (C=O) groups excluding carboxylic acids is 1. The van der Waals surface area contributed by atoms with Crippen LogP contribution in [-0.4, -0.2) is 22.2 Å². The molecular formula is C21H23FN4O3. The summed E-state index contributed by atoms with van der Waals surface area (Å²) in [5.74, 6) is 0.614. The number of carbonyl (C=O) groups is 1. The lowest BCUT2D eigenvalue weighted by atomic mass is 10.1. The largest absolute Gasteiger partial charge is 0.466 e. The standard InChI is InChI=1S/C21H23FN4O3/c1-12-10-16(14(3)29-12)19-11-18(23)21(28)26(25-19)13(2)20(27)24-9-8-15-6-4-5-7-17(15)22/h4-7,10-11,13H,8-9,23H2,1-3H3,(H,24,27). The fourth-order valence-electron chi connectivity index (χ4n) is 3.09. The zero-order valence-electron chi connectivity index (χ0n) is 16.5. The maximum Gasteiger partial charge on any atom is 0.290 e. The molecule has 2 heterocycles. The number of hydrogen-bond acceptors (Lipinski definition) is 5. The predicted molar refractivity (Wildman–Crippen MR) is 108 cm³/mol. The minimum Gasteiger partial charge on any atom is -0.466 e. The highest BCUT2D eigenvalue weighted by Gasteiger charge is 2.21. The van der Waals surface area contributed by atoms with Gasteiger partial charge < -0.3 is 15.5 Å². The lowest BCUT2D eigenvalue weighted by Gasteiger charge is -2.16. The van der Waals surface area contributed by atoms with Crippen molar-refractivity contribution in [1.82, 2.24) is 15.1 Å². The van der Waals surface area contributed by atoms with Crippen LogP contribution in [0.15, 0.2) is 45.6 Å². The summed E-state index contributed by atoms with van der Waals surface area (Å²) in [4.78, 5) is 25.0. The molecule has 0 spiro atoms. The first-order valence-electron chi connectivity index (χ1n) is 9.25. The maximum absolute atomic E-state index is 13.7. The molecule has 0 saturated carbocycles. The molecule has 29 heavy (non-hydrogen) atoms. The molecule has 152 valence electrons. The highest BCUT2D eigenvalue weighted by atomic mass is 19.1. The Morgan fingerprint density at radius 2 is 2.03 bits per heavy atom. The first-order valence-corrected chi connectivity index (χ1v) is 9.25. The summed E-state index contributed by atoms with van der Waals surface area (Å²) in [6, 6.07) is 8.76. The maximum atomic E-state index is 13.7. The molecular weight excluding hydrogens is 375 g/mol. The predicted octanol–water partition coefficient (Wildman–Crippen LogP) is 2.76. The summed E-state index contributed by atoms with van der Waals surface area (Å²) in [5, 5.41) is 7.04. The molecule has 0 aliphatic rings. The van der Waals surface area contributed by atoms with E-state index in [-0.39, 0.29) is 18.0 Å². The van der Waals surface area contributed by atoms with E-state index in [1.165, 1.54) is 12.1 Å². The molecule has 0 fully saturated rings. The van der Waals surface area contributed by atoms with E-state index in [1.807, 2.05) is 6.92 Å². The third kappa shape index (κ3) is 4.37. The molecule has 0 radical (unpaired) electrons. The molecule has 2 aromatic heterocycles. The van der Waals surface area contributed by atoms with Crippen molar-refractivity contribution in [2.24, 2.45) is 0 Å². The summed E-state index contributed by atoms with van der Waals surface area (Å²) >= 11 is 0. The van der Waals surface area contributed by atoms with Gasteiger partial charge in [0.25, 0.3) is 5.56 Å². The van der Waals surface area contributed by atoms with Crippen molar-refractivity contribution in [3.05, 3.63) is 69.7 Å². The average molecular weight is 398 g/mol. The van der Waals surface area contributed by atoms with Crippen molar-refractivity contribution in [2.75, 3.05) is 12.3 Å². The van der Waals surface area contributed by atoms with Crippen LogP contribution in [0.5, 0.6) is 0 Å². The molecule has 7 nitrogen and oxygen atoms in total. The minimum absolute atomic E-state index is 0.0146. The van der Waals surface area contributed by atoms with Crippen LogP contribution in [0, 0.1) is 19.7 Å². The summed E-state index contributed by atoms with van der Waals surface area (Å²) in [5.41, 5.74) is 6.96. The third-order valence-electron chi connectivity index (χ3n) is 4.68. The number of rotatable bonds is 6. The van der Waals surface area contributed by atoms with Gasteiger partial charge in [-0.1, -0.05) is 18.2 Å². The van der Waals surface area contributed by atoms with Gasteiger partial charge in [0.2, 0.25) is 5.91 Å². The quantitative estimate of drug-likeness (QED) is 0.665. The SMILES string of the molecule is Cc1cc(-c2cc(N)c(=O)n(C(C)C(=O)NCCc3ccccc3F)n2)c(C)o1. The number of aromatic nitrogens is 2. The minimum atomic E-state index is -0.890. The van der Waals surface area contributed by atoms with Gasteiger partial charge >= 0.3 is 0 Å². The number of nitrogens with two attached hydrogens (primary N) is 1. The molecule has 1 unspecified atom stereocenters. The van der Waals surface area contributed by atoms with Crippen LogP contribution in [0.4, 0.5) is 10.1 Å². The topological polar surface area (TPSA) is 103 Å². The van der Waals surface area contributed by atoms with Gasteiger partial charge in [-0.25, -0.2) is 9.07 Å². The van der Waals surface area contributed by atoms with Crippen LogP contribution in [0.1, 0.15) is 30.0 Å². The second-order valence-corrected chi connectivity index (χ2v) is 6.87. The third-order valence-corrected chi connectivity index (χ3v) is 4.68. The zero-order chi connectivity index (χ0) is 21.1. The molecule has 0 saturated heterocycles. The number of halogens is 1. The molecule has 8 heteroatoms. The van der Waals surface area contributed by atoms with Crippen LogP contribution in [0.2, 0.25) is 0 Å². The number of hydrogen-bond donors (Lipinski definition) is 2. The number of aryl methyl sites for hydroxylation is 2. The Morgan fingerprint density at radius 1 is 1.31 bits per heavy atom. The number of amides is 1. The van der Waals surface area contributed by atoms with E-state index in [2.05, 4.69) is 10.4 Å². The number of nitrogens with one attached hydrogen (secondary N) is 1. The van der Waals surface area contributed by atoms with Gasteiger partial charge in [0.15, 0.2) is 0 Å². The fourth-order valence-corrected chi connectivity index (χ4v) is 3.09. The van der Waals surface area contributed by atoms with Crippen molar-refractivity contribution in [2.45, 2.75) is 33.2 Å². The number of nitrogens with zero attached hydrogens (tertiary/aromatic N) is 2. The molecule has 3 N–H and O–H groups in total. The average Bonchev–Trinajstić information content (AvgIpc) is 3.02. The molecule has 1 aromatic carbocycles. The molecule has 0 aliphatic heterocycles. The Morgan fingerprint density at radius 3 is 2.69 bits per heavy atom. The second-order valence-electron chi connectivity index (χ2n) is 6.87. The Hall–Kier alpha value is -3.42. The van der Waals surface area contributed by atoms with Gasteiger partial charge in [0.1, 0.15) is 29.1 Å². The number of nitrogen functional groups attached to an aromatic ring is 1. The van der Waals surface area contributed by atoms with E-state index < -0.39 is 17.5 Å². The molecule has 0 bridgehead atoms. The Kier molecular flexibility index (Phi) is 5.81. The van der Waals surface area contributed by atoms with E-state index in [0.717, 1.165) is 4.68 Å². The Labute approximate surface area is 167 Å². The van der Waals surface area contributed by atoms with Gasteiger partial charge in [-0.3, -0.25) is 9.59 Å². The van der Waals surface area contributed by atoms with Crippen LogP contribution < -0.4 is 16.6 Å². The van der Waals surface area contributed by atoms with Crippen LogP contribution in [-0.2, 0) is 11.2 Å². The zero-order valence-corrected chi connectivity index (χ0v) is 16.5. The van der Waals surface area contributed by atoms with Crippen LogP contribution in [0.25, 0.3) is 11.3 Å². The normalized spacial score (nSPS) is 12.0. The molecule has 1 atom stereocenters. The van der Waals surface area contributed by atoms with E-state index in [1.54, 1.807) is 38.1 Å². The molecule has 0 aliphatic carbocycles. The van der Waals surface area contributed by atoms with Gasteiger partial charge in [-0.05, 0) is 51.0 Å². The molecule has 3 aromatic rings. The summed E-state index contributed by atoms with van der Waals surface area (Å²) in [6.45, 7) is 5.38. The Balaban J connectivity index is 1.78. The first-order chi connectivity index (χ1) is 13.8. The van der Waals surface area contributed by atoms with Crippen molar-refractivity contribution in [1.29, 1.82) is 0 Å². The van der Waals surface area contributed by atoms with Crippen molar-refractivity contribution < 1.29 is 13.6 Å². The summed E-state index contributed by atoms with van der Waals surface area (Å²) < 4.78 is 20.3. The lowest BCUT2D eigenvalue weighted by Crippen LogP contribution is -2.38. The van der Waals surface area contributed by atoms with Crippen molar-refractivity contribution >= 4 is 11.6 Å². The molecule has 3 rings (SSSR count). The van der Waals surface area contributed by atoms with E-state index in [0.29, 0.717) is 34.8 Å². The lowest BCUT2D eigenvalue weighted by molar-refractivity contribution is -0.124. The summed E-state index contributed by atoms with van der Waals surface area (Å²) in [6.07, 6.45) is 0.336.